The summed E-state index contributed by atoms with van der Waals surface area (Å²) in [7, 11) is 0. The third-order valence-corrected chi connectivity index (χ3v) is 2.76. The highest BCUT2D eigenvalue weighted by Crippen LogP contribution is 2.23. The lowest BCUT2D eigenvalue weighted by molar-refractivity contribution is -0.107. The number of hydrogen-bond donors (Lipinski definition) is 0. The van der Waals surface area contributed by atoms with Gasteiger partial charge in [0.25, 0.3) is 0 Å². The predicted octanol–water partition coefficient (Wildman–Crippen LogP) is 2.78. The van der Waals surface area contributed by atoms with Crippen LogP contribution in [0.15, 0.2) is 12.3 Å². The van der Waals surface area contributed by atoms with Gasteiger partial charge in [-0.1, -0.05) is 13.8 Å². The lowest BCUT2D eigenvalue weighted by Gasteiger charge is -2.12. The Balaban J connectivity index is 3.00. The van der Waals surface area contributed by atoms with E-state index >= 15 is 0 Å². The number of aryl methyl sites for hydroxylation is 1. The van der Waals surface area contributed by atoms with Crippen molar-refractivity contribution in [3.63, 3.8) is 0 Å². The van der Waals surface area contributed by atoms with Crippen LogP contribution >= 0.6 is 0 Å². The minimum atomic E-state index is -0.180. The summed E-state index contributed by atoms with van der Waals surface area (Å²) in [4.78, 5) is 14.9. The molecule has 0 saturated heterocycles. The summed E-state index contributed by atoms with van der Waals surface area (Å²) in [5, 5.41) is 9.16. The van der Waals surface area contributed by atoms with Gasteiger partial charge in [-0.25, -0.2) is 0 Å². The van der Waals surface area contributed by atoms with Crippen LogP contribution in [0.5, 0.6) is 0 Å². The fourth-order valence-corrected chi connectivity index (χ4v) is 1.80. The van der Waals surface area contributed by atoms with Gasteiger partial charge in [0, 0.05) is 12.6 Å². The van der Waals surface area contributed by atoms with Crippen molar-refractivity contribution < 1.29 is 4.79 Å². The first kappa shape index (κ1) is 13.4. The van der Waals surface area contributed by atoms with Crippen LogP contribution in [-0.4, -0.2) is 11.3 Å². The summed E-state index contributed by atoms with van der Waals surface area (Å²) in [5.74, 6) is 0.276. The largest absolute Gasteiger partial charge is 0.303 e. The zero-order valence-corrected chi connectivity index (χ0v) is 10.6. The Hall–Kier alpha value is -1.69. The third kappa shape index (κ3) is 3.67. The molecule has 0 aromatic carbocycles. The molecule has 0 saturated carbocycles. The monoisotopic (exact) mass is 230 g/mol. The van der Waals surface area contributed by atoms with Crippen molar-refractivity contribution >= 4 is 6.29 Å². The summed E-state index contributed by atoms with van der Waals surface area (Å²) in [5.41, 5.74) is 2.75. The number of nitriles is 1. The zero-order valence-electron chi connectivity index (χ0n) is 10.6. The van der Waals surface area contributed by atoms with Crippen molar-refractivity contribution in [3.8, 4) is 6.07 Å². The van der Waals surface area contributed by atoms with E-state index in [4.69, 9.17) is 5.26 Å². The summed E-state index contributed by atoms with van der Waals surface area (Å²) in [6, 6.07) is 4.18. The van der Waals surface area contributed by atoms with Crippen LogP contribution in [0, 0.1) is 24.2 Å². The molecule has 17 heavy (non-hydrogen) atoms. The molecular formula is C14H18N2O. The van der Waals surface area contributed by atoms with Crippen LogP contribution in [0.25, 0.3) is 0 Å². The number of carbonyl (C=O) groups excluding carboxylic acids is 1. The van der Waals surface area contributed by atoms with Gasteiger partial charge in [-0.05, 0) is 36.5 Å². The Morgan fingerprint density at radius 3 is 2.76 bits per heavy atom. The minimum absolute atomic E-state index is 0.180. The first-order valence-electron chi connectivity index (χ1n) is 5.87. The maximum atomic E-state index is 10.6. The molecule has 0 radical (unpaired) electrons. The molecular weight excluding hydrogens is 212 g/mol. The molecule has 0 bridgehead atoms. The fraction of sp³-hybridized carbons (Fsp3) is 0.500. The van der Waals surface area contributed by atoms with Gasteiger partial charge < -0.3 is 4.79 Å². The molecule has 0 spiro atoms. The molecule has 0 aliphatic rings. The van der Waals surface area contributed by atoms with Crippen LogP contribution < -0.4 is 0 Å². The Morgan fingerprint density at radius 1 is 1.53 bits per heavy atom. The van der Waals surface area contributed by atoms with Gasteiger partial charge in [0.1, 0.15) is 6.29 Å². The SMILES string of the molecule is Cc1cnc(C(C#N)CC(C)C)cc1CC=O. The second kappa shape index (κ2) is 6.15. The third-order valence-electron chi connectivity index (χ3n) is 2.76. The smallest absolute Gasteiger partial charge is 0.124 e. The maximum Gasteiger partial charge on any atom is 0.124 e. The second-order valence-corrected chi connectivity index (χ2v) is 4.72. The van der Waals surface area contributed by atoms with E-state index in [0.717, 1.165) is 29.5 Å². The van der Waals surface area contributed by atoms with Gasteiger partial charge in [0.15, 0.2) is 0 Å². The van der Waals surface area contributed by atoms with Gasteiger partial charge in [0.05, 0.1) is 17.7 Å². The highest BCUT2D eigenvalue weighted by Gasteiger charge is 2.15. The Kier molecular flexibility index (Phi) is 4.84. The van der Waals surface area contributed by atoms with Crippen molar-refractivity contribution in [2.45, 2.75) is 39.5 Å². The lowest BCUT2D eigenvalue weighted by atomic mass is 9.93. The standard InChI is InChI=1S/C14H18N2O/c1-10(2)6-13(8-15)14-7-12(4-5-17)11(3)9-16-14/h5,7,9-10,13H,4,6H2,1-3H3. The number of aldehydes is 1. The molecule has 1 aromatic rings. The van der Waals surface area contributed by atoms with E-state index in [1.54, 1.807) is 6.20 Å². The minimum Gasteiger partial charge on any atom is -0.303 e. The van der Waals surface area contributed by atoms with Gasteiger partial charge in [0.2, 0.25) is 0 Å². The number of carbonyl (C=O) groups is 1. The average Bonchev–Trinajstić information content (AvgIpc) is 2.29. The summed E-state index contributed by atoms with van der Waals surface area (Å²) in [6.07, 6.45) is 3.82. The quantitative estimate of drug-likeness (QED) is 0.731. The number of rotatable bonds is 5. The molecule has 0 amide bonds. The van der Waals surface area contributed by atoms with E-state index in [0.29, 0.717) is 12.3 Å². The first-order valence-corrected chi connectivity index (χ1v) is 5.87. The van der Waals surface area contributed by atoms with Crippen molar-refractivity contribution in [1.82, 2.24) is 4.98 Å². The Morgan fingerprint density at radius 2 is 2.24 bits per heavy atom. The highest BCUT2D eigenvalue weighted by atomic mass is 16.1. The van der Waals surface area contributed by atoms with Crippen LogP contribution in [-0.2, 0) is 11.2 Å². The van der Waals surface area contributed by atoms with Crippen LogP contribution in [0.2, 0.25) is 0 Å². The molecule has 1 aromatic heterocycles. The lowest BCUT2D eigenvalue weighted by Crippen LogP contribution is -2.05. The molecule has 1 heterocycles. The fourth-order valence-electron chi connectivity index (χ4n) is 1.80. The van der Waals surface area contributed by atoms with Gasteiger partial charge in [-0.3, -0.25) is 4.98 Å². The van der Waals surface area contributed by atoms with E-state index in [1.165, 1.54) is 0 Å². The maximum absolute atomic E-state index is 10.6. The number of aromatic nitrogens is 1. The van der Waals surface area contributed by atoms with Crippen molar-refractivity contribution in [3.05, 3.63) is 29.1 Å². The van der Waals surface area contributed by atoms with Crippen molar-refractivity contribution in [2.24, 2.45) is 5.92 Å². The van der Waals surface area contributed by atoms with Gasteiger partial charge in [-0.15, -0.1) is 0 Å². The van der Waals surface area contributed by atoms with E-state index in [-0.39, 0.29) is 5.92 Å². The number of nitrogens with zero attached hydrogens (tertiary/aromatic N) is 2. The molecule has 0 fully saturated rings. The van der Waals surface area contributed by atoms with Crippen LogP contribution in [0.3, 0.4) is 0 Å². The molecule has 1 unspecified atom stereocenters. The molecule has 3 heteroatoms. The molecule has 3 nitrogen and oxygen atoms in total. The summed E-state index contributed by atoms with van der Waals surface area (Å²) in [6.45, 7) is 6.11. The van der Waals surface area contributed by atoms with Gasteiger partial charge in [-0.2, -0.15) is 5.26 Å². The number of pyridine rings is 1. The van der Waals surface area contributed by atoms with Crippen LogP contribution in [0.4, 0.5) is 0 Å². The molecule has 1 rings (SSSR count). The Labute approximate surface area is 102 Å². The topological polar surface area (TPSA) is 53.8 Å². The van der Waals surface area contributed by atoms with E-state index in [9.17, 15) is 4.79 Å². The summed E-state index contributed by atoms with van der Waals surface area (Å²) < 4.78 is 0. The van der Waals surface area contributed by atoms with Crippen molar-refractivity contribution in [2.75, 3.05) is 0 Å². The second-order valence-electron chi connectivity index (χ2n) is 4.72. The first-order chi connectivity index (χ1) is 8.08. The normalized spacial score (nSPS) is 12.2. The average molecular weight is 230 g/mol. The molecule has 90 valence electrons. The highest BCUT2D eigenvalue weighted by molar-refractivity contribution is 5.56. The Bertz CT molecular complexity index is 432. The van der Waals surface area contributed by atoms with Crippen molar-refractivity contribution in [1.29, 1.82) is 5.26 Å². The number of hydrogen-bond acceptors (Lipinski definition) is 3. The van der Waals surface area contributed by atoms with E-state index in [2.05, 4.69) is 24.9 Å². The predicted molar refractivity (Wildman–Crippen MR) is 66.6 cm³/mol. The zero-order chi connectivity index (χ0) is 12.8. The van der Waals surface area contributed by atoms with E-state index in [1.807, 2.05) is 13.0 Å². The van der Waals surface area contributed by atoms with Gasteiger partial charge >= 0.3 is 0 Å². The van der Waals surface area contributed by atoms with E-state index < -0.39 is 0 Å². The molecule has 0 aliphatic carbocycles. The molecule has 1 atom stereocenters. The van der Waals surface area contributed by atoms with Crippen LogP contribution in [0.1, 0.15) is 43.0 Å². The summed E-state index contributed by atoms with van der Waals surface area (Å²) >= 11 is 0. The molecule has 0 N–H and O–H groups in total. The molecule has 0 aliphatic heterocycles.